The number of rotatable bonds is 6. The summed E-state index contributed by atoms with van der Waals surface area (Å²) in [5.41, 5.74) is 4.23. The van der Waals surface area contributed by atoms with Gasteiger partial charge in [-0.05, 0) is 29.8 Å². The number of nitrogens with one attached hydrogen (secondary N) is 2. The summed E-state index contributed by atoms with van der Waals surface area (Å²) in [7, 11) is 1.76. The number of morpholine rings is 1. The van der Waals surface area contributed by atoms with Gasteiger partial charge in [0.15, 0.2) is 5.96 Å². The standard InChI is InChI=1S/C23H27N5O2/c1-24-23(26-16-20-17-30-22(27-20)19-5-3-2-4-6-19)25-15-18-7-9-21(10-8-18)28-11-13-29-14-12-28/h2-10,17H,11-16H2,1H3,(H2,24,25,26). The number of nitrogens with zero attached hydrogens (tertiary/aromatic N) is 3. The van der Waals surface area contributed by atoms with Crippen LogP contribution in [-0.2, 0) is 17.8 Å². The Morgan fingerprint density at radius 3 is 2.47 bits per heavy atom. The molecule has 1 saturated heterocycles. The van der Waals surface area contributed by atoms with Crippen LogP contribution in [0.3, 0.4) is 0 Å². The van der Waals surface area contributed by atoms with Crippen molar-refractivity contribution in [2.24, 2.45) is 4.99 Å². The van der Waals surface area contributed by atoms with Crippen LogP contribution < -0.4 is 15.5 Å². The van der Waals surface area contributed by atoms with Crippen molar-refractivity contribution >= 4 is 11.6 Å². The number of oxazole rings is 1. The third kappa shape index (κ3) is 5.18. The molecule has 2 aromatic carbocycles. The molecule has 2 N–H and O–H groups in total. The molecule has 1 aliphatic rings. The molecule has 0 atom stereocenters. The normalized spacial score (nSPS) is 14.6. The SMILES string of the molecule is CN=C(NCc1ccc(N2CCOCC2)cc1)NCc1coc(-c2ccccc2)n1. The largest absolute Gasteiger partial charge is 0.444 e. The molecule has 4 rings (SSSR count). The summed E-state index contributed by atoms with van der Waals surface area (Å²) in [6.45, 7) is 4.71. The number of ether oxygens (including phenoxy) is 1. The Hall–Kier alpha value is -3.32. The van der Waals surface area contributed by atoms with E-state index < -0.39 is 0 Å². The van der Waals surface area contributed by atoms with Gasteiger partial charge in [0.25, 0.3) is 0 Å². The van der Waals surface area contributed by atoms with E-state index in [1.165, 1.54) is 11.3 Å². The lowest BCUT2D eigenvalue weighted by Gasteiger charge is -2.28. The second-order valence-corrected chi connectivity index (χ2v) is 7.06. The first-order valence-electron chi connectivity index (χ1n) is 10.2. The van der Waals surface area contributed by atoms with E-state index in [9.17, 15) is 0 Å². The van der Waals surface area contributed by atoms with E-state index in [2.05, 4.69) is 49.8 Å². The first-order chi connectivity index (χ1) is 14.8. The summed E-state index contributed by atoms with van der Waals surface area (Å²) in [6, 6.07) is 18.5. The van der Waals surface area contributed by atoms with Gasteiger partial charge >= 0.3 is 0 Å². The van der Waals surface area contributed by atoms with Gasteiger partial charge in [0.05, 0.1) is 25.5 Å². The highest BCUT2D eigenvalue weighted by atomic mass is 16.5. The van der Waals surface area contributed by atoms with Crippen molar-refractivity contribution in [3.8, 4) is 11.5 Å². The number of aliphatic imine (C=N–C) groups is 1. The zero-order chi connectivity index (χ0) is 20.6. The molecule has 156 valence electrons. The van der Waals surface area contributed by atoms with E-state index >= 15 is 0 Å². The Labute approximate surface area is 176 Å². The molecule has 0 spiro atoms. The molecular weight excluding hydrogens is 378 g/mol. The van der Waals surface area contributed by atoms with Gasteiger partial charge in [0, 0.05) is 37.9 Å². The van der Waals surface area contributed by atoms with E-state index in [0.29, 0.717) is 19.0 Å². The summed E-state index contributed by atoms with van der Waals surface area (Å²) in [4.78, 5) is 11.2. The van der Waals surface area contributed by atoms with Crippen LogP contribution in [0.5, 0.6) is 0 Å². The highest BCUT2D eigenvalue weighted by Gasteiger charge is 2.11. The fourth-order valence-electron chi connectivity index (χ4n) is 3.33. The van der Waals surface area contributed by atoms with Gasteiger partial charge in [-0.2, -0.15) is 0 Å². The summed E-state index contributed by atoms with van der Waals surface area (Å²) in [6.07, 6.45) is 1.67. The zero-order valence-corrected chi connectivity index (χ0v) is 17.2. The Kier molecular flexibility index (Phi) is 6.61. The highest BCUT2D eigenvalue weighted by molar-refractivity contribution is 5.79. The van der Waals surface area contributed by atoms with Gasteiger partial charge in [-0.25, -0.2) is 4.98 Å². The predicted octanol–water partition coefficient (Wildman–Crippen LogP) is 3.04. The molecule has 7 nitrogen and oxygen atoms in total. The fourth-order valence-corrected chi connectivity index (χ4v) is 3.33. The van der Waals surface area contributed by atoms with Gasteiger partial charge in [-0.3, -0.25) is 4.99 Å². The maximum absolute atomic E-state index is 5.58. The van der Waals surface area contributed by atoms with Gasteiger partial charge in [0.1, 0.15) is 6.26 Å². The van der Waals surface area contributed by atoms with Crippen molar-refractivity contribution in [2.75, 3.05) is 38.3 Å². The van der Waals surface area contributed by atoms with Crippen LogP contribution in [-0.4, -0.2) is 44.3 Å². The van der Waals surface area contributed by atoms with Gasteiger partial charge in [-0.15, -0.1) is 0 Å². The predicted molar refractivity (Wildman–Crippen MR) is 118 cm³/mol. The zero-order valence-electron chi connectivity index (χ0n) is 17.2. The average molecular weight is 406 g/mol. The molecule has 0 radical (unpaired) electrons. The second kappa shape index (κ2) is 9.93. The molecule has 2 heterocycles. The molecule has 0 saturated carbocycles. The van der Waals surface area contributed by atoms with Crippen molar-refractivity contribution in [2.45, 2.75) is 13.1 Å². The minimum atomic E-state index is 0.534. The van der Waals surface area contributed by atoms with Crippen LogP contribution in [0, 0.1) is 0 Å². The molecule has 0 amide bonds. The smallest absolute Gasteiger partial charge is 0.226 e. The number of benzene rings is 2. The Bertz CT molecular complexity index is 947. The number of anilines is 1. The first kappa shape index (κ1) is 20.0. The fraction of sp³-hybridized carbons (Fsp3) is 0.304. The van der Waals surface area contributed by atoms with Crippen LogP contribution in [0.1, 0.15) is 11.3 Å². The molecule has 0 aliphatic carbocycles. The van der Waals surface area contributed by atoms with Gasteiger partial charge in [-0.1, -0.05) is 30.3 Å². The summed E-state index contributed by atoms with van der Waals surface area (Å²) in [5, 5.41) is 6.62. The van der Waals surface area contributed by atoms with Crippen LogP contribution in [0.15, 0.2) is 70.3 Å². The van der Waals surface area contributed by atoms with Crippen LogP contribution in [0.25, 0.3) is 11.5 Å². The molecular formula is C23H27N5O2. The average Bonchev–Trinajstić information content (AvgIpc) is 3.30. The quantitative estimate of drug-likeness (QED) is 0.485. The number of hydrogen-bond donors (Lipinski definition) is 2. The molecule has 3 aromatic rings. The first-order valence-corrected chi connectivity index (χ1v) is 10.2. The van der Waals surface area contributed by atoms with E-state index in [0.717, 1.165) is 43.5 Å². The van der Waals surface area contributed by atoms with Gasteiger partial charge < -0.3 is 24.7 Å². The minimum Gasteiger partial charge on any atom is -0.444 e. The van der Waals surface area contributed by atoms with Crippen molar-refractivity contribution < 1.29 is 9.15 Å². The molecule has 7 heteroatoms. The minimum absolute atomic E-state index is 0.534. The Morgan fingerprint density at radius 1 is 1.00 bits per heavy atom. The lowest BCUT2D eigenvalue weighted by molar-refractivity contribution is 0.122. The molecule has 0 bridgehead atoms. The lowest BCUT2D eigenvalue weighted by atomic mass is 10.2. The van der Waals surface area contributed by atoms with Crippen molar-refractivity contribution in [3.63, 3.8) is 0 Å². The second-order valence-electron chi connectivity index (χ2n) is 7.06. The summed E-state index contributed by atoms with van der Waals surface area (Å²) < 4.78 is 11.0. The van der Waals surface area contributed by atoms with Crippen LogP contribution >= 0.6 is 0 Å². The number of guanidine groups is 1. The molecule has 1 fully saturated rings. The van der Waals surface area contributed by atoms with Gasteiger partial charge in [0.2, 0.25) is 5.89 Å². The van der Waals surface area contributed by atoms with Crippen molar-refractivity contribution in [1.82, 2.24) is 15.6 Å². The van der Waals surface area contributed by atoms with Crippen molar-refractivity contribution in [3.05, 3.63) is 72.1 Å². The lowest BCUT2D eigenvalue weighted by Crippen LogP contribution is -2.36. The topological polar surface area (TPSA) is 74.9 Å². The van der Waals surface area contributed by atoms with Crippen molar-refractivity contribution in [1.29, 1.82) is 0 Å². The molecule has 1 aliphatic heterocycles. The molecule has 1 aromatic heterocycles. The van der Waals surface area contributed by atoms with E-state index in [4.69, 9.17) is 9.15 Å². The monoisotopic (exact) mass is 405 g/mol. The third-order valence-electron chi connectivity index (χ3n) is 5.01. The Balaban J connectivity index is 1.26. The molecule has 30 heavy (non-hydrogen) atoms. The van der Waals surface area contributed by atoms with E-state index in [1.807, 2.05) is 30.3 Å². The van der Waals surface area contributed by atoms with Crippen LogP contribution in [0.4, 0.5) is 5.69 Å². The van der Waals surface area contributed by atoms with E-state index in [-0.39, 0.29) is 0 Å². The third-order valence-corrected chi connectivity index (χ3v) is 5.01. The number of aromatic nitrogens is 1. The summed E-state index contributed by atoms with van der Waals surface area (Å²) in [5.74, 6) is 1.34. The van der Waals surface area contributed by atoms with E-state index in [1.54, 1.807) is 13.3 Å². The highest BCUT2D eigenvalue weighted by Crippen LogP contribution is 2.18. The summed E-state index contributed by atoms with van der Waals surface area (Å²) >= 11 is 0. The van der Waals surface area contributed by atoms with Crippen LogP contribution in [0.2, 0.25) is 0 Å². The maximum Gasteiger partial charge on any atom is 0.226 e. The maximum atomic E-state index is 5.58. The number of hydrogen-bond acceptors (Lipinski definition) is 5. The Morgan fingerprint density at radius 2 is 1.73 bits per heavy atom. The molecule has 0 unspecified atom stereocenters.